The summed E-state index contributed by atoms with van der Waals surface area (Å²) in [5.74, 6) is 1.65. The second kappa shape index (κ2) is 8.16. The summed E-state index contributed by atoms with van der Waals surface area (Å²) >= 11 is 3.68. The van der Waals surface area contributed by atoms with E-state index in [0.29, 0.717) is 12.1 Å². The zero-order chi connectivity index (χ0) is 15.2. The monoisotopic (exact) mass is 355 g/mol. The highest BCUT2D eigenvalue weighted by atomic mass is 79.9. The number of nitrogens with one attached hydrogen (secondary N) is 1. The Bertz CT molecular complexity index is 446. The van der Waals surface area contributed by atoms with E-state index in [9.17, 15) is 0 Å². The first-order valence-corrected chi connectivity index (χ1v) is 8.65. The topological polar surface area (TPSA) is 30.5 Å². The van der Waals surface area contributed by atoms with Crippen LogP contribution in [0.4, 0.5) is 0 Å². The van der Waals surface area contributed by atoms with Gasteiger partial charge in [0.2, 0.25) is 0 Å². The minimum absolute atomic E-state index is 0.392. The van der Waals surface area contributed by atoms with E-state index in [4.69, 9.17) is 9.47 Å². The van der Waals surface area contributed by atoms with Crippen LogP contribution in [0, 0.1) is 5.92 Å². The van der Waals surface area contributed by atoms with E-state index in [-0.39, 0.29) is 0 Å². The van der Waals surface area contributed by atoms with Crippen molar-refractivity contribution in [1.82, 2.24) is 5.32 Å². The molecule has 1 aliphatic rings. The van der Waals surface area contributed by atoms with Gasteiger partial charge in [0, 0.05) is 17.1 Å². The van der Waals surface area contributed by atoms with Crippen molar-refractivity contribution in [2.75, 3.05) is 20.3 Å². The molecule has 1 N–H and O–H groups in total. The fourth-order valence-corrected chi connectivity index (χ4v) is 3.69. The van der Waals surface area contributed by atoms with Gasteiger partial charge in [0.1, 0.15) is 5.75 Å². The van der Waals surface area contributed by atoms with Crippen LogP contribution >= 0.6 is 15.9 Å². The molecule has 118 valence electrons. The highest BCUT2D eigenvalue weighted by molar-refractivity contribution is 9.10. The molecule has 1 fully saturated rings. The van der Waals surface area contributed by atoms with Crippen molar-refractivity contribution in [2.45, 2.75) is 45.3 Å². The largest absolute Gasteiger partial charge is 0.497 e. The van der Waals surface area contributed by atoms with Crippen LogP contribution in [0.5, 0.6) is 5.75 Å². The van der Waals surface area contributed by atoms with Gasteiger partial charge in [-0.1, -0.05) is 28.9 Å². The molecule has 1 unspecified atom stereocenters. The lowest BCUT2D eigenvalue weighted by atomic mass is 9.77. The molecule has 1 saturated carbocycles. The van der Waals surface area contributed by atoms with Gasteiger partial charge in [-0.2, -0.15) is 0 Å². The van der Waals surface area contributed by atoms with E-state index in [1.165, 1.54) is 24.8 Å². The van der Waals surface area contributed by atoms with Crippen LogP contribution in [-0.4, -0.2) is 26.4 Å². The molecular formula is C17H26BrNO2. The molecule has 0 aliphatic heterocycles. The van der Waals surface area contributed by atoms with Gasteiger partial charge in [-0.15, -0.1) is 0 Å². The number of hydrogen-bond acceptors (Lipinski definition) is 3. The molecule has 1 aliphatic carbocycles. The minimum atomic E-state index is 0.392. The van der Waals surface area contributed by atoms with Gasteiger partial charge in [-0.05, 0) is 56.3 Å². The van der Waals surface area contributed by atoms with Gasteiger partial charge in [0.05, 0.1) is 13.2 Å². The van der Waals surface area contributed by atoms with Gasteiger partial charge >= 0.3 is 0 Å². The first-order valence-electron chi connectivity index (χ1n) is 7.86. The predicted octanol–water partition coefficient (Wildman–Crippen LogP) is 4.31. The second-order valence-electron chi connectivity index (χ2n) is 5.65. The minimum Gasteiger partial charge on any atom is -0.497 e. The van der Waals surface area contributed by atoms with E-state index >= 15 is 0 Å². The van der Waals surface area contributed by atoms with Crippen molar-refractivity contribution in [1.29, 1.82) is 0 Å². The Labute approximate surface area is 136 Å². The normalized spacial score (nSPS) is 22.7. The van der Waals surface area contributed by atoms with Crippen LogP contribution in [0.25, 0.3) is 0 Å². The maximum atomic E-state index is 5.66. The first-order chi connectivity index (χ1) is 10.2. The van der Waals surface area contributed by atoms with Crippen LogP contribution in [0.1, 0.15) is 44.7 Å². The Balaban J connectivity index is 1.99. The summed E-state index contributed by atoms with van der Waals surface area (Å²) in [6.07, 6.45) is 4.05. The van der Waals surface area contributed by atoms with Crippen molar-refractivity contribution >= 4 is 15.9 Å². The number of benzene rings is 1. The number of methoxy groups -OCH3 is 1. The van der Waals surface area contributed by atoms with Gasteiger partial charge in [0.25, 0.3) is 0 Å². The zero-order valence-corrected chi connectivity index (χ0v) is 14.8. The van der Waals surface area contributed by atoms with Crippen molar-refractivity contribution in [2.24, 2.45) is 5.92 Å². The molecule has 3 nitrogen and oxygen atoms in total. The zero-order valence-electron chi connectivity index (χ0n) is 13.2. The molecule has 0 heterocycles. The van der Waals surface area contributed by atoms with Gasteiger partial charge < -0.3 is 14.8 Å². The summed E-state index contributed by atoms with van der Waals surface area (Å²) in [6.45, 7) is 6.04. The summed E-state index contributed by atoms with van der Waals surface area (Å²) in [7, 11) is 1.70. The summed E-state index contributed by atoms with van der Waals surface area (Å²) in [5.41, 5.74) is 1.32. The van der Waals surface area contributed by atoms with Gasteiger partial charge in [-0.25, -0.2) is 0 Å². The molecule has 4 heteroatoms. The third-order valence-electron chi connectivity index (χ3n) is 4.20. The fourth-order valence-electron chi connectivity index (χ4n) is 3.06. The Morgan fingerprint density at radius 1 is 1.33 bits per heavy atom. The maximum Gasteiger partial charge on any atom is 0.120 e. The summed E-state index contributed by atoms with van der Waals surface area (Å²) in [6, 6.07) is 6.63. The number of ether oxygens (including phenoxy) is 2. The maximum absolute atomic E-state index is 5.66. The van der Waals surface area contributed by atoms with Crippen molar-refractivity contribution in [3.8, 4) is 5.75 Å². The Morgan fingerprint density at radius 3 is 2.67 bits per heavy atom. The molecule has 0 radical (unpaired) electrons. The van der Waals surface area contributed by atoms with Crippen LogP contribution in [0.2, 0.25) is 0 Å². The molecule has 0 spiro atoms. The molecular weight excluding hydrogens is 330 g/mol. The third kappa shape index (κ3) is 4.44. The Hall–Kier alpha value is -0.580. The lowest BCUT2D eigenvalue weighted by Crippen LogP contribution is -2.34. The Morgan fingerprint density at radius 2 is 2.10 bits per heavy atom. The third-order valence-corrected chi connectivity index (χ3v) is 4.88. The average molecular weight is 356 g/mol. The summed E-state index contributed by atoms with van der Waals surface area (Å²) < 4.78 is 12.1. The number of rotatable bonds is 8. The standard InChI is InChI=1S/C17H26BrNO2/c1-4-19-17(10-12-8-14(9-12)21-5-2)15-7-6-13(20-3)11-16(15)18/h6-7,11-12,14,17,19H,4-5,8-10H2,1-3H3. The van der Waals surface area contributed by atoms with Crippen LogP contribution in [0.3, 0.4) is 0 Å². The second-order valence-corrected chi connectivity index (χ2v) is 6.50. The van der Waals surface area contributed by atoms with Crippen LogP contribution < -0.4 is 10.1 Å². The Kier molecular flexibility index (Phi) is 6.52. The predicted molar refractivity (Wildman–Crippen MR) is 89.9 cm³/mol. The quantitative estimate of drug-likeness (QED) is 0.753. The molecule has 1 aromatic rings. The smallest absolute Gasteiger partial charge is 0.120 e. The SMILES string of the molecule is CCNC(CC1CC(OCC)C1)c1ccc(OC)cc1Br. The molecule has 0 aromatic heterocycles. The average Bonchev–Trinajstić information content (AvgIpc) is 2.44. The molecule has 0 amide bonds. The molecule has 1 atom stereocenters. The van der Waals surface area contributed by atoms with Gasteiger partial charge in [-0.3, -0.25) is 0 Å². The van der Waals surface area contributed by atoms with Crippen LogP contribution in [0.15, 0.2) is 22.7 Å². The van der Waals surface area contributed by atoms with Crippen molar-refractivity contribution in [3.63, 3.8) is 0 Å². The molecule has 1 aromatic carbocycles. The van der Waals surface area contributed by atoms with E-state index in [2.05, 4.69) is 41.2 Å². The number of hydrogen-bond donors (Lipinski definition) is 1. The number of halogens is 1. The first kappa shape index (κ1) is 16.8. The van der Waals surface area contributed by atoms with E-state index in [1.54, 1.807) is 7.11 Å². The van der Waals surface area contributed by atoms with Gasteiger partial charge in [0.15, 0.2) is 0 Å². The molecule has 0 saturated heterocycles. The molecule has 21 heavy (non-hydrogen) atoms. The fraction of sp³-hybridized carbons (Fsp3) is 0.647. The highest BCUT2D eigenvalue weighted by Gasteiger charge is 2.32. The highest BCUT2D eigenvalue weighted by Crippen LogP contribution is 2.39. The lowest BCUT2D eigenvalue weighted by molar-refractivity contribution is -0.0291. The van der Waals surface area contributed by atoms with E-state index in [1.807, 2.05) is 12.1 Å². The van der Waals surface area contributed by atoms with E-state index < -0.39 is 0 Å². The van der Waals surface area contributed by atoms with Crippen molar-refractivity contribution < 1.29 is 9.47 Å². The summed E-state index contributed by atoms with van der Waals surface area (Å²) in [4.78, 5) is 0. The lowest BCUT2D eigenvalue weighted by Gasteiger charge is -2.37. The van der Waals surface area contributed by atoms with Crippen LogP contribution in [-0.2, 0) is 4.74 Å². The van der Waals surface area contributed by atoms with E-state index in [0.717, 1.165) is 29.3 Å². The van der Waals surface area contributed by atoms with Crippen molar-refractivity contribution in [3.05, 3.63) is 28.2 Å². The molecule has 2 rings (SSSR count). The summed E-state index contributed by atoms with van der Waals surface area (Å²) in [5, 5.41) is 3.61. The molecule has 0 bridgehead atoms.